The van der Waals surface area contributed by atoms with Gasteiger partial charge in [-0.15, -0.1) is 33.3 Å². The Morgan fingerprint density at radius 1 is 1.32 bits per heavy atom. The van der Waals surface area contributed by atoms with Gasteiger partial charge < -0.3 is 9.32 Å². The highest BCUT2D eigenvalue weighted by atomic mass is 32.2. The van der Waals surface area contributed by atoms with E-state index < -0.39 is 0 Å². The van der Waals surface area contributed by atoms with Gasteiger partial charge in [0.25, 0.3) is 11.1 Å². The number of carbonyl (C=O) groups is 1. The maximum Gasteiger partial charge on any atom is 0.277 e. The molecule has 1 aliphatic rings. The van der Waals surface area contributed by atoms with Crippen LogP contribution in [0.15, 0.2) is 38.8 Å². The lowest BCUT2D eigenvalue weighted by Gasteiger charge is -2.22. The van der Waals surface area contributed by atoms with Crippen LogP contribution in [-0.4, -0.2) is 38.6 Å². The molecule has 28 heavy (non-hydrogen) atoms. The first-order valence-electron chi connectivity index (χ1n) is 8.98. The van der Waals surface area contributed by atoms with Crippen LogP contribution in [-0.2, 0) is 4.79 Å². The minimum Gasteiger partial charge on any atom is -0.410 e. The molecule has 4 rings (SSSR count). The van der Waals surface area contributed by atoms with E-state index in [9.17, 15) is 4.79 Å². The van der Waals surface area contributed by atoms with Crippen LogP contribution < -0.4 is 4.90 Å². The van der Waals surface area contributed by atoms with Crippen LogP contribution in [0.3, 0.4) is 0 Å². The summed E-state index contributed by atoms with van der Waals surface area (Å²) in [6.07, 6.45) is 0.963. The molecular weight excluding hydrogens is 412 g/mol. The van der Waals surface area contributed by atoms with Gasteiger partial charge in [-0.05, 0) is 32.4 Å². The summed E-state index contributed by atoms with van der Waals surface area (Å²) < 4.78 is 5.75. The summed E-state index contributed by atoms with van der Waals surface area (Å²) in [5.41, 5.74) is 1.87. The number of fused-ring (bicyclic) bond motifs is 1. The number of thiazole rings is 1. The fraction of sp³-hybridized carbons (Fsp3) is 0.368. The summed E-state index contributed by atoms with van der Waals surface area (Å²) >= 11 is 4.63. The number of aromatic nitrogens is 3. The van der Waals surface area contributed by atoms with Crippen LogP contribution in [0.1, 0.15) is 24.0 Å². The first-order chi connectivity index (χ1) is 13.5. The van der Waals surface area contributed by atoms with Crippen molar-refractivity contribution in [2.75, 3.05) is 17.2 Å². The van der Waals surface area contributed by atoms with E-state index in [0.29, 0.717) is 16.4 Å². The van der Waals surface area contributed by atoms with Gasteiger partial charge in [0.2, 0.25) is 5.91 Å². The molecule has 0 saturated carbocycles. The maximum absolute atomic E-state index is 12.9. The summed E-state index contributed by atoms with van der Waals surface area (Å²) in [5.74, 6) is 0.774. The SMILES string of the molecule is Cc1nc(C)c(-c2nnc(SCC(=O)N3CC[C@@H](C)Sc4ccccc43)o2)s1. The largest absolute Gasteiger partial charge is 0.410 e. The Morgan fingerprint density at radius 3 is 2.93 bits per heavy atom. The summed E-state index contributed by atoms with van der Waals surface area (Å²) in [6, 6.07) is 8.10. The van der Waals surface area contributed by atoms with Gasteiger partial charge in [0.05, 0.1) is 22.1 Å². The Bertz CT molecular complexity index is 1000. The molecule has 0 N–H and O–H groups in total. The number of thioether (sulfide) groups is 2. The lowest BCUT2D eigenvalue weighted by molar-refractivity contribution is -0.116. The Kier molecular flexibility index (Phi) is 5.75. The monoisotopic (exact) mass is 432 g/mol. The van der Waals surface area contributed by atoms with E-state index in [1.54, 1.807) is 0 Å². The second-order valence-electron chi connectivity index (χ2n) is 6.54. The predicted molar refractivity (Wildman–Crippen MR) is 114 cm³/mol. The van der Waals surface area contributed by atoms with E-state index in [1.807, 2.05) is 48.7 Å². The van der Waals surface area contributed by atoms with Crippen LogP contribution in [0.5, 0.6) is 0 Å². The van der Waals surface area contributed by atoms with E-state index in [4.69, 9.17) is 4.42 Å². The fourth-order valence-corrected chi connectivity index (χ4v) is 5.63. The number of nitrogens with zero attached hydrogens (tertiary/aromatic N) is 4. The molecule has 6 nitrogen and oxygen atoms in total. The molecule has 3 heterocycles. The minimum atomic E-state index is 0.0525. The highest BCUT2D eigenvalue weighted by Gasteiger charge is 2.25. The average molecular weight is 433 g/mol. The third kappa shape index (κ3) is 4.11. The quantitative estimate of drug-likeness (QED) is 0.547. The Labute approximate surface area is 176 Å². The number of hydrogen-bond donors (Lipinski definition) is 0. The molecule has 0 saturated heterocycles. The molecule has 0 radical (unpaired) electrons. The third-order valence-electron chi connectivity index (χ3n) is 4.37. The van der Waals surface area contributed by atoms with Gasteiger partial charge >= 0.3 is 0 Å². The Hall–Kier alpha value is -1.84. The molecule has 1 aromatic carbocycles. The number of carbonyl (C=O) groups excluding carboxylic acids is 1. The molecule has 1 atom stereocenters. The molecule has 0 aliphatic carbocycles. The van der Waals surface area contributed by atoms with Gasteiger partial charge in [0.1, 0.15) is 4.88 Å². The minimum absolute atomic E-state index is 0.0525. The van der Waals surface area contributed by atoms with Gasteiger partial charge in [-0.3, -0.25) is 4.79 Å². The lowest BCUT2D eigenvalue weighted by atomic mass is 10.2. The Morgan fingerprint density at radius 2 is 2.14 bits per heavy atom. The first kappa shape index (κ1) is 19.5. The van der Waals surface area contributed by atoms with Gasteiger partial charge in [0, 0.05) is 16.7 Å². The van der Waals surface area contributed by atoms with Crippen molar-refractivity contribution < 1.29 is 9.21 Å². The molecule has 0 bridgehead atoms. The van der Waals surface area contributed by atoms with Gasteiger partial charge in [-0.25, -0.2) is 4.98 Å². The molecule has 0 fully saturated rings. The van der Waals surface area contributed by atoms with Crippen LogP contribution in [0.4, 0.5) is 5.69 Å². The third-order valence-corrected chi connectivity index (χ3v) is 7.47. The highest BCUT2D eigenvalue weighted by Crippen LogP contribution is 2.38. The fourth-order valence-electron chi connectivity index (χ4n) is 3.04. The molecule has 9 heteroatoms. The van der Waals surface area contributed by atoms with E-state index >= 15 is 0 Å². The number of para-hydroxylation sites is 1. The van der Waals surface area contributed by atoms with Crippen molar-refractivity contribution in [3.05, 3.63) is 35.0 Å². The van der Waals surface area contributed by atoms with Crippen LogP contribution >= 0.6 is 34.9 Å². The van der Waals surface area contributed by atoms with E-state index in [2.05, 4.69) is 28.2 Å². The average Bonchev–Trinajstić information content (AvgIpc) is 3.22. The summed E-state index contributed by atoms with van der Waals surface area (Å²) in [4.78, 5) is 21.2. The van der Waals surface area contributed by atoms with Crippen LogP contribution in [0, 0.1) is 13.8 Å². The number of hydrogen-bond acceptors (Lipinski definition) is 8. The predicted octanol–water partition coefficient (Wildman–Crippen LogP) is 4.82. The Balaban J connectivity index is 1.46. The molecule has 2 aromatic heterocycles. The van der Waals surface area contributed by atoms with Gasteiger partial charge in [-0.2, -0.15) is 0 Å². The molecule has 146 valence electrons. The van der Waals surface area contributed by atoms with E-state index in [0.717, 1.165) is 39.1 Å². The number of benzene rings is 1. The molecule has 1 aliphatic heterocycles. The first-order valence-corrected chi connectivity index (χ1v) is 11.7. The molecule has 0 spiro atoms. The summed E-state index contributed by atoms with van der Waals surface area (Å²) in [6.45, 7) is 6.80. The molecular formula is C19H20N4O2S3. The highest BCUT2D eigenvalue weighted by molar-refractivity contribution is 8.00. The summed E-state index contributed by atoms with van der Waals surface area (Å²) in [5, 5.41) is 10.0. The topological polar surface area (TPSA) is 72.1 Å². The molecule has 3 aromatic rings. The van der Waals surface area contributed by atoms with Crippen molar-refractivity contribution in [3.8, 4) is 10.8 Å². The number of amides is 1. The molecule has 0 unspecified atom stereocenters. The normalized spacial score (nSPS) is 16.7. The van der Waals surface area contributed by atoms with Gasteiger partial charge in [-0.1, -0.05) is 30.8 Å². The zero-order valence-electron chi connectivity index (χ0n) is 15.8. The maximum atomic E-state index is 12.9. The van der Waals surface area contributed by atoms with Crippen molar-refractivity contribution in [2.45, 2.75) is 42.6 Å². The smallest absolute Gasteiger partial charge is 0.277 e. The molecule has 1 amide bonds. The zero-order chi connectivity index (χ0) is 19.7. The van der Waals surface area contributed by atoms with Crippen molar-refractivity contribution in [1.29, 1.82) is 0 Å². The lowest BCUT2D eigenvalue weighted by Crippen LogP contribution is -2.33. The number of aryl methyl sites for hydroxylation is 2. The summed E-state index contributed by atoms with van der Waals surface area (Å²) in [7, 11) is 0. The van der Waals surface area contributed by atoms with Crippen molar-refractivity contribution in [3.63, 3.8) is 0 Å². The van der Waals surface area contributed by atoms with E-state index in [-0.39, 0.29) is 11.7 Å². The van der Waals surface area contributed by atoms with Crippen molar-refractivity contribution >= 4 is 46.5 Å². The second kappa shape index (κ2) is 8.26. The van der Waals surface area contributed by atoms with Crippen LogP contribution in [0.2, 0.25) is 0 Å². The second-order valence-corrected chi connectivity index (χ2v) is 10.1. The standard InChI is InChI=1S/C19H20N4O2S3/c1-11-8-9-23(14-6-4-5-7-15(14)27-11)16(24)10-26-19-22-21-18(25-19)17-12(2)20-13(3)28-17/h4-7,11H,8-10H2,1-3H3/t11-/m1/s1. The van der Waals surface area contributed by atoms with Crippen molar-refractivity contribution in [1.82, 2.24) is 15.2 Å². The van der Waals surface area contributed by atoms with E-state index in [1.165, 1.54) is 23.1 Å². The zero-order valence-corrected chi connectivity index (χ0v) is 18.3. The number of rotatable bonds is 4. The number of anilines is 1. The van der Waals surface area contributed by atoms with Gasteiger partial charge in [0.15, 0.2) is 0 Å². The van der Waals surface area contributed by atoms with Crippen LogP contribution in [0.25, 0.3) is 10.8 Å². The van der Waals surface area contributed by atoms with Crippen molar-refractivity contribution in [2.24, 2.45) is 0 Å².